The molecule has 11 aromatic rings. The molecule has 0 unspecified atom stereocenters. The van der Waals surface area contributed by atoms with Crippen molar-refractivity contribution in [2.45, 2.75) is 0 Å². The Balaban J connectivity index is 1.21. The van der Waals surface area contributed by atoms with Crippen LogP contribution in [0.4, 0.5) is 17.1 Å². The van der Waals surface area contributed by atoms with E-state index in [9.17, 15) is 0 Å². The third-order valence-corrected chi connectivity index (χ3v) is 11.8. The van der Waals surface area contributed by atoms with Gasteiger partial charge in [0.25, 0.3) is 0 Å². The third kappa shape index (κ3) is 4.86. The molecule has 248 valence electrons. The second-order valence-corrected chi connectivity index (χ2v) is 14.9. The number of rotatable bonds is 5. The molecule has 2 aromatic heterocycles. The first-order valence-electron chi connectivity index (χ1n) is 18.1. The van der Waals surface area contributed by atoms with Crippen molar-refractivity contribution in [3.05, 3.63) is 194 Å². The smallest absolute Gasteiger partial charge is 0.0546 e. The fourth-order valence-electron chi connectivity index (χ4n) is 8.24. The van der Waals surface area contributed by atoms with E-state index >= 15 is 0 Å². The molecule has 0 aliphatic heterocycles. The second kappa shape index (κ2) is 11.9. The van der Waals surface area contributed by atoms with E-state index < -0.39 is 0 Å². The van der Waals surface area contributed by atoms with Gasteiger partial charge in [-0.1, -0.05) is 115 Å². The van der Waals surface area contributed by atoms with Gasteiger partial charge in [0.2, 0.25) is 0 Å². The Hall–Kier alpha value is -6.68. The van der Waals surface area contributed by atoms with Crippen LogP contribution in [-0.2, 0) is 0 Å². The highest BCUT2D eigenvalue weighted by Gasteiger charge is 2.21. The molecular formula is C50H32N2S. The number of anilines is 3. The number of nitrogens with zero attached hydrogens (tertiary/aromatic N) is 2. The maximum absolute atomic E-state index is 2.48. The molecule has 0 amide bonds. The van der Waals surface area contributed by atoms with Crippen LogP contribution < -0.4 is 4.90 Å². The Morgan fingerprint density at radius 3 is 1.77 bits per heavy atom. The molecule has 0 aliphatic rings. The number of para-hydroxylation sites is 2. The van der Waals surface area contributed by atoms with Crippen molar-refractivity contribution in [3.8, 4) is 16.8 Å². The van der Waals surface area contributed by atoms with Gasteiger partial charge in [0.05, 0.1) is 16.7 Å². The number of benzene rings is 9. The van der Waals surface area contributed by atoms with Gasteiger partial charge in [-0.3, -0.25) is 0 Å². The lowest BCUT2D eigenvalue weighted by Crippen LogP contribution is -2.11. The summed E-state index contributed by atoms with van der Waals surface area (Å²) >= 11 is 1.87. The third-order valence-electron chi connectivity index (χ3n) is 10.7. The molecule has 0 atom stereocenters. The minimum Gasteiger partial charge on any atom is -0.310 e. The van der Waals surface area contributed by atoms with E-state index in [0.717, 1.165) is 22.7 Å². The standard InChI is InChI=1S/C50H32N2S/c1-3-13-33(14-4-1)37-27-36-17-9-10-20-41(36)48(29-37)51(40-24-26-49-45(32-40)44-28-34-15-7-8-16-35(34)30-50(44)53-49)39-23-25-47-43(31-39)42-21-11-12-22-46(42)52(47)38-18-5-2-6-19-38/h1-32H. The van der Waals surface area contributed by atoms with Crippen LogP contribution in [0.25, 0.3) is 80.3 Å². The Bertz CT molecular complexity index is 3170. The Morgan fingerprint density at radius 1 is 0.358 bits per heavy atom. The number of hydrogen-bond donors (Lipinski definition) is 0. The second-order valence-electron chi connectivity index (χ2n) is 13.8. The first kappa shape index (κ1) is 30.0. The molecular weight excluding hydrogens is 661 g/mol. The van der Waals surface area contributed by atoms with Gasteiger partial charge in [-0.05, 0) is 106 Å². The van der Waals surface area contributed by atoms with Crippen molar-refractivity contribution in [2.75, 3.05) is 4.90 Å². The van der Waals surface area contributed by atoms with Crippen molar-refractivity contribution in [1.29, 1.82) is 0 Å². The molecule has 0 saturated heterocycles. The van der Waals surface area contributed by atoms with Gasteiger partial charge in [-0.25, -0.2) is 0 Å². The normalized spacial score (nSPS) is 11.8. The molecule has 3 heteroatoms. The predicted octanol–water partition coefficient (Wildman–Crippen LogP) is 14.6. The van der Waals surface area contributed by atoms with Crippen LogP contribution in [0.3, 0.4) is 0 Å². The van der Waals surface area contributed by atoms with E-state index in [-0.39, 0.29) is 0 Å². The van der Waals surface area contributed by atoms with Crippen LogP contribution in [0.15, 0.2) is 194 Å². The van der Waals surface area contributed by atoms with Gasteiger partial charge in [0.15, 0.2) is 0 Å². The summed E-state index contributed by atoms with van der Waals surface area (Å²) in [5.41, 5.74) is 9.35. The van der Waals surface area contributed by atoms with Gasteiger partial charge >= 0.3 is 0 Å². The Kier molecular flexibility index (Phi) is 6.76. The van der Waals surface area contributed by atoms with E-state index in [1.165, 1.54) is 74.6 Å². The number of fused-ring (bicyclic) bond motifs is 8. The molecule has 11 rings (SSSR count). The van der Waals surface area contributed by atoms with Crippen LogP contribution in [-0.4, -0.2) is 4.57 Å². The summed E-state index contributed by atoms with van der Waals surface area (Å²) in [6, 6.07) is 71.1. The molecule has 2 nitrogen and oxygen atoms in total. The van der Waals surface area contributed by atoms with Crippen LogP contribution in [0.2, 0.25) is 0 Å². The summed E-state index contributed by atoms with van der Waals surface area (Å²) in [6.07, 6.45) is 0. The molecule has 0 saturated carbocycles. The van der Waals surface area contributed by atoms with Crippen LogP contribution >= 0.6 is 11.3 Å². The largest absolute Gasteiger partial charge is 0.310 e. The minimum absolute atomic E-state index is 1.12. The zero-order chi connectivity index (χ0) is 34.9. The first-order valence-corrected chi connectivity index (χ1v) is 18.9. The van der Waals surface area contributed by atoms with E-state index in [0.29, 0.717) is 0 Å². The molecule has 9 aromatic carbocycles. The van der Waals surface area contributed by atoms with Gasteiger partial charge < -0.3 is 9.47 Å². The summed E-state index contributed by atoms with van der Waals surface area (Å²) in [4.78, 5) is 2.48. The van der Waals surface area contributed by atoms with Crippen LogP contribution in [0.1, 0.15) is 0 Å². The number of aromatic nitrogens is 1. The van der Waals surface area contributed by atoms with E-state index in [1.807, 2.05) is 11.3 Å². The minimum atomic E-state index is 1.12. The average molecular weight is 693 g/mol. The molecule has 0 radical (unpaired) electrons. The molecule has 0 bridgehead atoms. The Morgan fingerprint density at radius 2 is 0.962 bits per heavy atom. The SMILES string of the molecule is c1ccc(-c2cc(N(c3ccc4sc5cc6ccccc6cc5c4c3)c3ccc4c(c3)c3ccccc3n4-c3ccccc3)c3ccccc3c2)cc1. The topological polar surface area (TPSA) is 8.17 Å². The van der Waals surface area contributed by atoms with Gasteiger partial charge in [-0.2, -0.15) is 0 Å². The van der Waals surface area contributed by atoms with E-state index in [4.69, 9.17) is 0 Å². The molecule has 0 N–H and O–H groups in total. The van der Waals surface area contributed by atoms with Crippen molar-refractivity contribution < 1.29 is 0 Å². The van der Waals surface area contributed by atoms with Crippen molar-refractivity contribution in [3.63, 3.8) is 0 Å². The number of thiophene rings is 1. The molecule has 0 aliphatic carbocycles. The fourth-order valence-corrected chi connectivity index (χ4v) is 9.36. The number of hydrogen-bond acceptors (Lipinski definition) is 2. The van der Waals surface area contributed by atoms with Crippen molar-refractivity contribution in [1.82, 2.24) is 4.57 Å². The maximum Gasteiger partial charge on any atom is 0.0546 e. The van der Waals surface area contributed by atoms with Crippen molar-refractivity contribution in [2.24, 2.45) is 0 Å². The quantitative estimate of drug-likeness (QED) is 0.174. The van der Waals surface area contributed by atoms with Gasteiger partial charge in [0.1, 0.15) is 0 Å². The lowest BCUT2D eigenvalue weighted by atomic mass is 9.98. The highest BCUT2D eigenvalue weighted by Crippen LogP contribution is 2.46. The van der Waals surface area contributed by atoms with Gasteiger partial charge in [0, 0.05) is 53.4 Å². The molecule has 2 heterocycles. The average Bonchev–Trinajstić information content (AvgIpc) is 3.75. The zero-order valence-electron chi connectivity index (χ0n) is 28.8. The monoisotopic (exact) mass is 692 g/mol. The predicted molar refractivity (Wildman–Crippen MR) is 229 cm³/mol. The highest BCUT2D eigenvalue weighted by molar-refractivity contribution is 7.25. The summed E-state index contributed by atoms with van der Waals surface area (Å²) in [5, 5.41) is 10.0. The van der Waals surface area contributed by atoms with E-state index in [1.54, 1.807) is 0 Å². The first-order chi connectivity index (χ1) is 26.3. The van der Waals surface area contributed by atoms with E-state index in [2.05, 4.69) is 204 Å². The molecule has 0 fully saturated rings. The van der Waals surface area contributed by atoms with Gasteiger partial charge in [-0.15, -0.1) is 11.3 Å². The van der Waals surface area contributed by atoms with Crippen LogP contribution in [0.5, 0.6) is 0 Å². The van der Waals surface area contributed by atoms with Crippen LogP contribution in [0, 0.1) is 0 Å². The summed E-state index contributed by atoms with van der Waals surface area (Å²) in [6.45, 7) is 0. The van der Waals surface area contributed by atoms with Crippen molar-refractivity contribution >= 4 is 91.9 Å². The summed E-state index contributed by atoms with van der Waals surface area (Å²) in [5.74, 6) is 0. The maximum atomic E-state index is 2.48. The molecule has 53 heavy (non-hydrogen) atoms. The Labute approximate surface area is 311 Å². The lowest BCUT2D eigenvalue weighted by molar-refractivity contribution is 1.18. The zero-order valence-corrected chi connectivity index (χ0v) is 29.6. The summed E-state index contributed by atoms with van der Waals surface area (Å²) in [7, 11) is 0. The summed E-state index contributed by atoms with van der Waals surface area (Å²) < 4.78 is 5.00. The fraction of sp³-hybridized carbons (Fsp3) is 0. The highest BCUT2D eigenvalue weighted by atomic mass is 32.1. The lowest BCUT2D eigenvalue weighted by Gasteiger charge is -2.28. The molecule has 0 spiro atoms.